The maximum Gasteiger partial charge on any atom is 0.243 e. The molecule has 1 heterocycles. The highest BCUT2D eigenvalue weighted by molar-refractivity contribution is 7.89. The fraction of sp³-hybridized carbons (Fsp3) is 0.350. The van der Waals surface area contributed by atoms with Crippen LogP contribution >= 0.6 is 0 Å². The van der Waals surface area contributed by atoms with E-state index in [9.17, 15) is 13.2 Å². The van der Waals surface area contributed by atoms with Crippen LogP contribution in [0.5, 0.6) is 0 Å². The number of anilines is 2. The highest BCUT2D eigenvalue weighted by Crippen LogP contribution is 2.24. The topological polar surface area (TPSA) is 69.7 Å². The van der Waals surface area contributed by atoms with E-state index in [1.54, 1.807) is 12.1 Å². The Morgan fingerprint density at radius 3 is 2.00 bits per heavy atom. The van der Waals surface area contributed by atoms with E-state index >= 15 is 0 Å². The number of piperazine rings is 1. The van der Waals surface area contributed by atoms with E-state index in [1.165, 1.54) is 34.5 Å². The normalized spacial score (nSPS) is 15.6. The van der Waals surface area contributed by atoms with Gasteiger partial charge in [-0.25, -0.2) is 8.42 Å². The Hall–Kier alpha value is -2.38. The molecule has 3 rings (SSSR count). The van der Waals surface area contributed by atoms with E-state index in [0.29, 0.717) is 31.9 Å². The molecular formula is C20H25N3O3S. The van der Waals surface area contributed by atoms with Crippen molar-refractivity contribution in [3.63, 3.8) is 0 Å². The lowest BCUT2D eigenvalue weighted by atomic mass is 10.1. The van der Waals surface area contributed by atoms with Crippen molar-refractivity contribution in [3.05, 3.63) is 53.6 Å². The third kappa shape index (κ3) is 4.48. The van der Waals surface area contributed by atoms with Crippen LogP contribution in [0.25, 0.3) is 0 Å². The van der Waals surface area contributed by atoms with Gasteiger partial charge in [-0.1, -0.05) is 6.07 Å². The van der Waals surface area contributed by atoms with Crippen LogP contribution in [-0.4, -0.2) is 44.8 Å². The summed E-state index contributed by atoms with van der Waals surface area (Å²) < 4.78 is 27.3. The summed E-state index contributed by atoms with van der Waals surface area (Å²) in [5.41, 5.74) is 4.14. The molecule has 0 radical (unpaired) electrons. The predicted octanol–water partition coefficient (Wildman–Crippen LogP) is 2.77. The molecule has 0 aliphatic carbocycles. The Morgan fingerprint density at radius 1 is 0.926 bits per heavy atom. The first-order chi connectivity index (χ1) is 12.8. The quantitative estimate of drug-likeness (QED) is 0.876. The summed E-state index contributed by atoms with van der Waals surface area (Å²) in [5, 5.41) is 2.64. The Kier molecular flexibility index (Phi) is 5.53. The summed E-state index contributed by atoms with van der Waals surface area (Å²) in [5.74, 6) is -0.187. The van der Waals surface area contributed by atoms with Crippen molar-refractivity contribution in [2.45, 2.75) is 25.7 Å². The van der Waals surface area contributed by atoms with E-state index in [1.807, 2.05) is 0 Å². The number of hydrogen-bond acceptors (Lipinski definition) is 4. The molecule has 0 spiro atoms. The Labute approximate surface area is 160 Å². The Bertz CT molecular complexity index is 911. The van der Waals surface area contributed by atoms with Gasteiger partial charge in [0.1, 0.15) is 0 Å². The van der Waals surface area contributed by atoms with Crippen molar-refractivity contribution in [2.75, 3.05) is 36.4 Å². The summed E-state index contributed by atoms with van der Waals surface area (Å²) in [4.78, 5) is 13.6. The number of benzene rings is 2. The smallest absolute Gasteiger partial charge is 0.243 e. The maximum atomic E-state index is 12.9. The minimum Gasteiger partial charge on any atom is -0.369 e. The molecule has 6 nitrogen and oxygen atoms in total. The molecule has 2 aromatic carbocycles. The highest BCUT2D eigenvalue weighted by Gasteiger charge is 2.28. The monoisotopic (exact) mass is 387 g/mol. The molecule has 144 valence electrons. The second kappa shape index (κ2) is 7.70. The average molecular weight is 388 g/mol. The first kappa shape index (κ1) is 19.4. The third-order valence-electron chi connectivity index (χ3n) is 4.62. The first-order valence-corrected chi connectivity index (χ1v) is 10.4. The van der Waals surface area contributed by atoms with Gasteiger partial charge >= 0.3 is 0 Å². The Morgan fingerprint density at radius 2 is 1.48 bits per heavy atom. The number of nitrogens with one attached hydrogen (secondary N) is 1. The first-order valence-electron chi connectivity index (χ1n) is 8.97. The van der Waals surface area contributed by atoms with Gasteiger partial charge in [-0.15, -0.1) is 0 Å². The average Bonchev–Trinajstić information content (AvgIpc) is 2.61. The lowest BCUT2D eigenvalue weighted by Gasteiger charge is -2.35. The molecule has 27 heavy (non-hydrogen) atoms. The summed E-state index contributed by atoms with van der Waals surface area (Å²) in [6.07, 6.45) is 0. The molecule has 1 amide bonds. The number of amides is 1. The number of nitrogens with zero attached hydrogens (tertiary/aromatic N) is 2. The van der Waals surface area contributed by atoms with Crippen LogP contribution in [0.15, 0.2) is 47.4 Å². The molecule has 1 aliphatic heterocycles. The van der Waals surface area contributed by atoms with Gasteiger partial charge in [0.25, 0.3) is 0 Å². The molecule has 1 saturated heterocycles. The van der Waals surface area contributed by atoms with Crippen LogP contribution in [-0.2, 0) is 14.8 Å². The van der Waals surface area contributed by atoms with Gasteiger partial charge in [-0.3, -0.25) is 4.79 Å². The van der Waals surface area contributed by atoms with Crippen molar-refractivity contribution in [1.82, 2.24) is 4.31 Å². The molecule has 1 aliphatic rings. The molecular weight excluding hydrogens is 362 g/mol. The fourth-order valence-corrected chi connectivity index (χ4v) is 4.80. The molecule has 1 fully saturated rings. The molecule has 0 saturated carbocycles. The van der Waals surface area contributed by atoms with Crippen LogP contribution in [0, 0.1) is 13.8 Å². The third-order valence-corrected chi connectivity index (χ3v) is 6.54. The van der Waals surface area contributed by atoms with Crippen LogP contribution in [0.2, 0.25) is 0 Å². The van der Waals surface area contributed by atoms with E-state index in [0.717, 1.165) is 5.69 Å². The van der Waals surface area contributed by atoms with Crippen molar-refractivity contribution < 1.29 is 13.2 Å². The van der Waals surface area contributed by atoms with Gasteiger partial charge in [0.2, 0.25) is 15.9 Å². The van der Waals surface area contributed by atoms with Crippen LogP contribution < -0.4 is 10.2 Å². The zero-order chi connectivity index (χ0) is 19.6. The number of sulfonamides is 1. The molecule has 0 aromatic heterocycles. The molecule has 0 bridgehead atoms. The van der Waals surface area contributed by atoms with Crippen LogP contribution in [0.3, 0.4) is 0 Å². The second-order valence-electron chi connectivity index (χ2n) is 6.94. The lowest BCUT2D eigenvalue weighted by molar-refractivity contribution is -0.114. The minimum atomic E-state index is -3.54. The number of carbonyl (C=O) groups excluding carboxylic acids is 1. The van der Waals surface area contributed by atoms with Gasteiger partial charge in [0.15, 0.2) is 0 Å². The van der Waals surface area contributed by atoms with E-state index < -0.39 is 10.0 Å². The van der Waals surface area contributed by atoms with Gasteiger partial charge in [-0.05, 0) is 61.4 Å². The molecule has 1 N–H and O–H groups in total. The van der Waals surface area contributed by atoms with Gasteiger partial charge in [0, 0.05) is 44.5 Å². The SMILES string of the molecule is CC(=O)Nc1ccc(S(=O)(=O)N2CCN(c3cc(C)cc(C)c3)CC2)cc1. The van der Waals surface area contributed by atoms with Crippen LogP contribution in [0.4, 0.5) is 11.4 Å². The molecule has 0 unspecified atom stereocenters. The largest absolute Gasteiger partial charge is 0.369 e. The minimum absolute atomic E-state index is 0.187. The molecule has 0 atom stereocenters. The predicted molar refractivity (Wildman–Crippen MR) is 108 cm³/mol. The molecule has 2 aromatic rings. The summed E-state index contributed by atoms with van der Waals surface area (Å²) in [6.45, 7) is 7.77. The lowest BCUT2D eigenvalue weighted by Crippen LogP contribution is -2.48. The van der Waals surface area contributed by atoms with E-state index in [-0.39, 0.29) is 10.8 Å². The summed E-state index contributed by atoms with van der Waals surface area (Å²) in [7, 11) is -3.54. The van der Waals surface area contributed by atoms with Gasteiger partial charge in [-0.2, -0.15) is 4.31 Å². The summed E-state index contributed by atoms with van der Waals surface area (Å²) >= 11 is 0. The zero-order valence-corrected chi connectivity index (χ0v) is 16.7. The van der Waals surface area contributed by atoms with Crippen molar-refractivity contribution >= 4 is 27.3 Å². The zero-order valence-electron chi connectivity index (χ0n) is 15.9. The van der Waals surface area contributed by atoms with E-state index in [2.05, 4.69) is 42.3 Å². The van der Waals surface area contributed by atoms with Crippen molar-refractivity contribution in [2.24, 2.45) is 0 Å². The number of carbonyl (C=O) groups is 1. The standard InChI is InChI=1S/C20H25N3O3S/c1-15-12-16(2)14-19(13-15)22-8-10-23(11-9-22)27(25,26)20-6-4-18(5-7-20)21-17(3)24/h4-7,12-14H,8-11H2,1-3H3,(H,21,24). The number of aryl methyl sites for hydroxylation is 2. The molecule has 7 heteroatoms. The van der Waals surface area contributed by atoms with Crippen molar-refractivity contribution in [3.8, 4) is 0 Å². The van der Waals surface area contributed by atoms with Gasteiger partial charge in [0.05, 0.1) is 4.90 Å². The van der Waals surface area contributed by atoms with Crippen LogP contribution in [0.1, 0.15) is 18.1 Å². The fourth-order valence-electron chi connectivity index (χ4n) is 3.38. The Balaban J connectivity index is 1.70. The van der Waals surface area contributed by atoms with Crippen molar-refractivity contribution in [1.29, 1.82) is 0 Å². The second-order valence-corrected chi connectivity index (χ2v) is 8.88. The maximum absolute atomic E-state index is 12.9. The number of rotatable bonds is 4. The number of hydrogen-bond donors (Lipinski definition) is 1. The highest BCUT2D eigenvalue weighted by atomic mass is 32.2. The summed E-state index contributed by atoms with van der Waals surface area (Å²) in [6, 6.07) is 12.7. The van der Waals surface area contributed by atoms with Gasteiger partial charge < -0.3 is 10.2 Å². The van der Waals surface area contributed by atoms with E-state index in [4.69, 9.17) is 0 Å².